The Kier molecular flexibility index (Phi) is 5.03. The van der Waals surface area contributed by atoms with Crippen LogP contribution < -0.4 is 5.32 Å². The van der Waals surface area contributed by atoms with Crippen LogP contribution in [0.25, 0.3) is 0 Å². The number of ketones is 1. The van der Waals surface area contributed by atoms with Crippen LogP contribution in [0, 0.1) is 11.8 Å². The Bertz CT molecular complexity index is 981. The number of anilines is 1. The molecule has 1 aromatic carbocycles. The second kappa shape index (κ2) is 7.56. The molecule has 0 aliphatic rings. The molecule has 0 atom stereocenters. The summed E-state index contributed by atoms with van der Waals surface area (Å²) >= 11 is 1.18. The molecule has 0 aliphatic carbocycles. The number of aromatic nitrogens is 1. The van der Waals surface area contributed by atoms with E-state index in [-0.39, 0.29) is 11.7 Å². The Labute approximate surface area is 149 Å². The van der Waals surface area contributed by atoms with Crippen LogP contribution in [0.3, 0.4) is 0 Å². The normalized spacial score (nSPS) is 9.80. The van der Waals surface area contributed by atoms with E-state index >= 15 is 0 Å². The zero-order valence-electron chi connectivity index (χ0n) is 13.4. The van der Waals surface area contributed by atoms with E-state index in [1.165, 1.54) is 18.3 Å². The molecular weight excluding hydrogens is 332 g/mol. The van der Waals surface area contributed by atoms with Gasteiger partial charge in [-0.2, -0.15) is 0 Å². The van der Waals surface area contributed by atoms with Crippen LogP contribution in [0.4, 0.5) is 5.69 Å². The Morgan fingerprint density at radius 2 is 1.84 bits per heavy atom. The fourth-order valence-electron chi connectivity index (χ4n) is 2.09. The van der Waals surface area contributed by atoms with E-state index in [2.05, 4.69) is 22.1 Å². The molecule has 2 aromatic heterocycles. The maximum atomic E-state index is 12.3. The number of thiophene rings is 1. The van der Waals surface area contributed by atoms with Gasteiger partial charge in [0.25, 0.3) is 5.91 Å². The zero-order chi connectivity index (χ0) is 17.6. The van der Waals surface area contributed by atoms with Crippen molar-refractivity contribution in [1.82, 2.24) is 4.98 Å². The van der Waals surface area contributed by atoms with Crippen molar-refractivity contribution in [2.45, 2.75) is 6.92 Å². The predicted molar refractivity (Wildman–Crippen MR) is 98.9 cm³/mol. The largest absolute Gasteiger partial charge is 0.321 e. The van der Waals surface area contributed by atoms with Gasteiger partial charge in [-0.05, 0) is 55.3 Å². The maximum Gasteiger partial charge on any atom is 0.265 e. The highest BCUT2D eigenvalue weighted by molar-refractivity contribution is 7.16. The van der Waals surface area contributed by atoms with Crippen molar-refractivity contribution in [2.75, 3.05) is 5.32 Å². The fourth-order valence-corrected chi connectivity index (χ4v) is 2.89. The van der Waals surface area contributed by atoms with Gasteiger partial charge in [-0.25, -0.2) is 4.98 Å². The van der Waals surface area contributed by atoms with E-state index in [1.54, 1.807) is 30.5 Å². The highest BCUT2D eigenvalue weighted by Gasteiger charge is 2.11. The number of rotatable bonds is 3. The number of amides is 1. The molecule has 5 heteroatoms. The lowest BCUT2D eigenvalue weighted by Gasteiger charge is -2.03. The topological polar surface area (TPSA) is 59.1 Å². The van der Waals surface area contributed by atoms with E-state index in [0.717, 1.165) is 5.56 Å². The minimum absolute atomic E-state index is 0.0455. The highest BCUT2D eigenvalue weighted by Crippen LogP contribution is 2.19. The number of hydrogen-bond donors (Lipinski definition) is 1. The first-order valence-corrected chi connectivity index (χ1v) is 8.39. The highest BCUT2D eigenvalue weighted by atomic mass is 32.1. The first kappa shape index (κ1) is 16.6. The lowest BCUT2D eigenvalue weighted by molar-refractivity contribution is 0.101. The average molecular weight is 346 g/mol. The molecule has 3 aromatic rings. The van der Waals surface area contributed by atoms with Crippen LogP contribution in [0.1, 0.15) is 37.5 Å². The second-order valence-corrected chi connectivity index (χ2v) is 6.30. The van der Waals surface area contributed by atoms with Gasteiger partial charge in [0.1, 0.15) is 5.69 Å². The molecule has 4 nitrogen and oxygen atoms in total. The Hall–Kier alpha value is -3.23. The van der Waals surface area contributed by atoms with Crippen molar-refractivity contribution in [3.05, 3.63) is 81.8 Å². The van der Waals surface area contributed by atoms with Crippen molar-refractivity contribution < 1.29 is 9.59 Å². The Morgan fingerprint density at radius 1 is 1.00 bits per heavy atom. The number of benzene rings is 1. The number of nitrogens with zero attached hydrogens (tertiary/aromatic N) is 1. The molecule has 3 rings (SSSR count). The molecule has 0 saturated carbocycles. The summed E-state index contributed by atoms with van der Waals surface area (Å²) in [6.07, 6.45) is 1.69. The van der Waals surface area contributed by atoms with Gasteiger partial charge >= 0.3 is 0 Å². The molecule has 122 valence electrons. The standard InChI is InChI=1S/C20H14N2O2S/c1-14(23)18-10-11-19(25-18)20(24)22-17-7-4-5-15(13-17)8-9-16-6-2-3-12-21-16/h2-7,10-13H,1H3,(H,22,24). The average Bonchev–Trinajstić information content (AvgIpc) is 3.12. The SMILES string of the molecule is CC(=O)c1ccc(C(=O)Nc2cccc(C#Cc3ccccn3)c2)s1. The maximum absolute atomic E-state index is 12.3. The third-order valence-corrected chi connectivity index (χ3v) is 4.48. The molecule has 1 amide bonds. The zero-order valence-corrected chi connectivity index (χ0v) is 14.3. The summed E-state index contributed by atoms with van der Waals surface area (Å²) in [5.74, 6) is 5.72. The second-order valence-electron chi connectivity index (χ2n) is 5.22. The summed E-state index contributed by atoms with van der Waals surface area (Å²) in [5, 5.41) is 2.83. The third kappa shape index (κ3) is 4.40. The molecule has 0 fully saturated rings. The van der Waals surface area contributed by atoms with Gasteiger partial charge in [0, 0.05) is 17.4 Å². The van der Waals surface area contributed by atoms with Gasteiger partial charge in [0.05, 0.1) is 9.75 Å². The third-order valence-electron chi connectivity index (χ3n) is 3.30. The molecule has 0 saturated heterocycles. The summed E-state index contributed by atoms with van der Waals surface area (Å²) in [4.78, 5) is 28.8. The number of carbonyl (C=O) groups is 2. The minimum atomic E-state index is -0.243. The first-order chi connectivity index (χ1) is 12.1. The molecule has 0 spiro atoms. The quantitative estimate of drug-likeness (QED) is 0.576. The van der Waals surface area contributed by atoms with Crippen LogP contribution in [0.5, 0.6) is 0 Å². The number of nitrogens with one attached hydrogen (secondary N) is 1. The lowest BCUT2D eigenvalue weighted by atomic mass is 10.2. The molecular formula is C20H14N2O2S. The van der Waals surface area contributed by atoms with Gasteiger partial charge in [-0.3, -0.25) is 9.59 Å². The van der Waals surface area contributed by atoms with Crippen LogP contribution in [0.15, 0.2) is 60.8 Å². The number of Topliss-reactive ketones (excluding diaryl/α,β-unsaturated/α-hetero) is 1. The van der Waals surface area contributed by atoms with Crippen molar-refractivity contribution in [3.8, 4) is 11.8 Å². The molecule has 2 heterocycles. The van der Waals surface area contributed by atoms with Gasteiger partial charge in [0.15, 0.2) is 5.78 Å². The fraction of sp³-hybridized carbons (Fsp3) is 0.0500. The Balaban J connectivity index is 1.74. The molecule has 0 aliphatic heterocycles. The summed E-state index contributed by atoms with van der Waals surface area (Å²) in [5.41, 5.74) is 2.11. The molecule has 0 radical (unpaired) electrons. The van der Waals surface area contributed by atoms with Gasteiger partial charge in [0.2, 0.25) is 0 Å². The van der Waals surface area contributed by atoms with Crippen LogP contribution in [0.2, 0.25) is 0 Å². The number of pyridine rings is 1. The summed E-state index contributed by atoms with van der Waals surface area (Å²) in [6, 6.07) is 16.2. The van der Waals surface area contributed by atoms with Gasteiger partial charge in [-0.15, -0.1) is 11.3 Å². The van der Waals surface area contributed by atoms with Crippen molar-refractivity contribution >= 4 is 28.7 Å². The molecule has 25 heavy (non-hydrogen) atoms. The van der Waals surface area contributed by atoms with Crippen LogP contribution in [-0.4, -0.2) is 16.7 Å². The predicted octanol–water partition coefficient (Wildman–Crippen LogP) is 4.00. The lowest BCUT2D eigenvalue weighted by Crippen LogP contribution is -2.10. The summed E-state index contributed by atoms with van der Waals surface area (Å²) in [6.45, 7) is 1.48. The van der Waals surface area contributed by atoms with E-state index in [0.29, 0.717) is 21.1 Å². The molecule has 0 unspecified atom stereocenters. The van der Waals surface area contributed by atoms with E-state index in [4.69, 9.17) is 0 Å². The summed E-state index contributed by atoms with van der Waals surface area (Å²) in [7, 11) is 0. The smallest absolute Gasteiger partial charge is 0.265 e. The van der Waals surface area contributed by atoms with Crippen molar-refractivity contribution in [3.63, 3.8) is 0 Å². The van der Waals surface area contributed by atoms with E-state index in [9.17, 15) is 9.59 Å². The number of hydrogen-bond acceptors (Lipinski definition) is 4. The van der Waals surface area contributed by atoms with E-state index < -0.39 is 0 Å². The van der Waals surface area contributed by atoms with Gasteiger partial charge in [-0.1, -0.05) is 18.1 Å². The first-order valence-electron chi connectivity index (χ1n) is 7.57. The minimum Gasteiger partial charge on any atom is -0.321 e. The van der Waals surface area contributed by atoms with Crippen molar-refractivity contribution in [1.29, 1.82) is 0 Å². The Morgan fingerprint density at radius 3 is 2.56 bits per heavy atom. The van der Waals surface area contributed by atoms with E-state index in [1.807, 2.05) is 30.3 Å². The van der Waals surface area contributed by atoms with Gasteiger partial charge < -0.3 is 5.32 Å². The molecule has 1 N–H and O–H groups in total. The number of carbonyl (C=O) groups excluding carboxylic acids is 2. The van der Waals surface area contributed by atoms with Crippen molar-refractivity contribution in [2.24, 2.45) is 0 Å². The monoisotopic (exact) mass is 346 g/mol. The van der Waals surface area contributed by atoms with Crippen LogP contribution in [-0.2, 0) is 0 Å². The molecule has 0 bridgehead atoms. The summed E-state index contributed by atoms with van der Waals surface area (Å²) < 4.78 is 0. The van der Waals surface area contributed by atoms with Crippen LogP contribution >= 0.6 is 11.3 Å².